The topological polar surface area (TPSA) is 132 Å². The quantitative estimate of drug-likeness (QED) is 0.299. The summed E-state index contributed by atoms with van der Waals surface area (Å²) in [5.74, 6) is -1.84. The van der Waals surface area contributed by atoms with Crippen molar-refractivity contribution in [2.45, 2.75) is 38.0 Å². The van der Waals surface area contributed by atoms with Gasteiger partial charge in [0.2, 0.25) is 5.82 Å². The van der Waals surface area contributed by atoms with Crippen molar-refractivity contribution >= 4 is 16.9 Å². The zero-order chi connectivity index (χ0) is 30.1. The normalized spacial score (nSPS) is 17.2. The van der Waals surface area contributed by atoms with Crippen LogP contribution in [-0.2, 0) is 12.7 Å². The van der Waals surface area contributed by atoms with E-state index in [1.54, 1.807) is 23.0 Å². The Bertz CT molecular complexity index is 1570. The highest BCUT2D eigenvalue weighted by Gasteiger charge is 2.39. The number of halogens is 3. The molecule has 2 N–H and O–H groups in total. The van der Waals surface area contributed by atoms with Crippen molar-refractivity contribution in [2.75, 3.05) is 46.4 Å². The number of fused-ring (bicyclic) bond motifs is 1. The maximum Gasteiger partial charge on any atom is 0.451 e. The Balaban J connectivity index is 1.05. The minimum Gasteiger partial charge on any atom is -0.396 e. The second kappa shape index (κ2) is 12.0. The molecule has 2 aliphatic heterocycles. The van der Waals surface area contributed by atoms with Gasteiger partial charge in [0.25, 0.3) is 5.91 Å². The van der Waals surface area contributed by atoms with Crippen LogP contribution in [0.1, 0.15) is 41.3 Å². The van der Waals surface area contributed by atoms with E-state index in [1.165, 1.54) is 12.4 Å². The number of aromatic nitrogens is 7. The molecular formula is C28H32F3N10O2. The Morgan fingerprint density at radius 3 is 2.72 bits per heavy atom. The molecule has 0 aliphatic carbocycles. The van der Waals surface area contributed by atoms with Crippen molar-refractivity contribution in [2.24, 2.45) is 0 Å². The van der Waals surface area contributed by atoms with Gasteiger partial charge in [0.1, 0.15) is 23.7 Å². The third kappa shape index (κ3) is 6.24. The number of H-pyrrole nitrogens is 1. The predicted octanol–water partition coefficient (Wildman–Crippen LogP) is 2.44. The summed E-state index contributed by atoms with van der Waals surface area (Å²) in [7, 11) is 1.72. The van der Waals surface area contributed by atoms with Gasteiger partial charge in [0, 0.05) is 75.3 Å². The van der Waals surface area contributed by atoms with Crippen molar-refractivity contribution < 1.29 is 23.1 Å². The second-order valence-corrected chi connectivity index (χ2v) is 11.0. The van der Waals surface area contributed by atoms with E-state index in [2.05, 4.69) is 34.9 Å². The number of aliphatic hydroxyl groups is 1. The number of piperidine rings is 1. The van der Waals surface area contributed by atoms with Crippen LogP contribution in [0.5, 0.6) is 0 Å². The molecule has 0 bridgehead atoms. The Hall–Kier alpha value is -3.95. The molecule has 1 amide bonds. The lowest BCUT2D eigenvalue weighted by Gasteiger charge is -2.46. The van der Waals surface area contributed by atoms with Crippen LogP contribution >= 0.6 is 0 Å². The van der Waals surface area contributed by atoms with Crippen LogP contribution in [-0.4, -0.2) is 113 Å². The fourth-order valence-corrected chi connectivity index (χ4v) is 5.65. The van der Waals surface area contributed by atoms with E-state index in [0.717, 1.165) is 41.4 Å². The minimum absolute atomic E-state index is 0.0236. The van der Waals surface area contributed by atoms with Gasteiger partial charge in [0.05, 0.1) is 17.6 Å². The summed E-state index contributed by atoms with van der Waals surface area (Å²) in [5, 5.41) is 14.5. The lowest BCUT2D eigenvalue weighted by atomic mass is 9.97. The molecule has 12 nitrogen and oxygen atoms in total. The van der Waals surface area contributed by atoms with Crippen molar-refractivity contribution in [3.05, 3.63) is 60.3 Å². The first kappa shape index (κ1) is 29.1. The molecule has 0 unspecified atom stereocenters. The molecule has 2 saturated heterocycles. The zero-order valence-corrected chi connectivity index (χ0v) is 23.6. The van der Waals surface area contributed by atoms with Crippen molar-refractivity contribution in [3.63, 3.8) is 0 Å². The number of likely N-dealkylation sites (tertiary alicyclic amines) is 2. The molecule has 6 heterocycles. The van der Waals surface area contributed by atoms with Gasteiger partial charge in [-0.2, -0.15) is 18.3 Å². The first-order valence-electron chi connectivity index (χ1n) is 14.2. The molecule has 4 aromatic rings. The van der Waals surface area contributed by atoms with E-state index in [4.69, 9.17) is 5.11 Å². The van der Waals surface area contributed by atoms with E-state index in [0.29, 0.717) is 38.9 Å². The van der Waals surface area contributed by atoms with E-state index in [9.17, 15) is 18.0 Å². The molecule has 0 saturated carbocycles. The molecule has 1 radical (unpaired) electrons. The highest BCUT2D eigenvalue weighted by atomic mass is 19.4. The standard InChI is InChI=1S/C28H32F3N10O2/c1-38(7-2-10-42)14-19-11-23(37-27(36-19)28(29,30)31)26(43)39-8-4-20(5-9-39)40-15-21(16-40)41-13-18(12-35-41)24-22-3-6-32-25(22)34-17-33-24/h3,6,11-13,17,20,42H,2,4-5,7-10,14-16H2,1H3,(H,32,33,34). The molecule has 227 valence electrons. The van der Waals surface area contributed by atoms with E-state index in [-0.39, 0.29) is 30.6 Å². The summed E-state index contributed by atoms with van der Waals surface area (Å²) in [6, 6.07) is 4.70. The van der Waals surface area contributed by atoms with Gasteiger partial charge >= 0.3 is 6.18 Å². The molecule has 15 heteroatoms. The molecule has 0 aromatic carbocycles. The predicted molar refractivity (Wildman–Crippen MR) is 149 cm³/mol. The SMILES string of the molecule is CN(CCCO)Cc1cc(C(=O)N2CCC(N3C[C](n4cc(-c5ncnc6[nH]ccc56)cn4)C3)CC2)nc(C(F)(F)F)n1. The number of nitrogens with one attached hydrogen (secondary N) is 1. The van der Waals surface area contributed by atoms with E-state index >= 15 is 0 Å². The fraction of sp³-hybridized carbons (Fsp3) is 0.464. The number of amides is 1. The first-order valence-corrected chi connectivity index (χ1v) is 14.2. The first-order chi connectivity index (χ1) is 20.7. The summed E-state index contributed by atoms with van der Waals surface area (Å²) < 4.78 is 42.5. The zero-order valence-electron chi connectivity index (χ0n) is 23.6. The van der Waals surface area contributed by atoms with Crippen LogP contribution in [0.2, 0.25) is 0 Å². The molecule has 2 aliphatic rings. The molecule has 0 atom stereocenters. The number of aromatic amines is 1. The van der Waals surface area contributed by atoms with Crippen LogP contribution < -0.4 is 0 Å². The van der Waals surface area contributed by atoms with Gasteiger partial charge in [0.15, 0.2) is 0 Å². The van der Waals surface area contributed by atoms with Gasteiger partial charge in [-0.05, 0) is 38.4 Å². The molecule has 6 rings (SSSR count). The maximum absolute atomic E-state index is 13.6. The monoisotopic (exact) mass is 597 g/mol. The number of aliphatic hydroxyl groups excluding tert-OH is 1. The number of hydrogen-bond donors (Lipinski definition) is 2. The Kier molecular flexibility index (Phi) is 8.11. The third-order valence-corrected chi connectivity index (χ3v) is 7.96. The average molecular weight is 598 g/mol. The summed E-state index contributed by atoms with van der Waals surface area (Å²) in [5.41, 5.74) is 2.36. The minimum atomic E-state index is -4.77. The Morgan fingerprint density at radius 1 is 1.19 bits per heavy atom. The van der Waals surface area contributed by atoms with Gasteiger partial charge in [-0.1, -0.05) is 0 Å². The number of hydrogen-bond acceptors (Lipinski definition) is 9. The number of alkyl halides is 3. The molecule has 0 spiro atoms. The highest BCUT2D eigenvalue weighted by molar-refractivity contribution is 5.92. The van der Waals surface area contributed by atoms with E-state index in [1.807, 2.05) is 23.1 Å². The Labute approximate surface area is 245 Å². The number of carbonyl (C=O) groups excluding carboxylic acids is 1. The van der Waals surface area contributed by atoms with Crippen LogP contribution in [0.3, 0.4) is 0 Å². The average Bonchev–Trinajstić information content (AvgIpc) is 3.65. The van der Waals surface area contributed by atoms with Gasteiger partial charge in [-0.3, -0.25) is 14.4 Å². The van der Waals surface area contributed by atoms with Crippen molar-refractivity contribution in [1.82, 2.24) is 49.4 Å². The summed E-state index contributed by atoms with van der Waals surface area (Å²) >= 11 is 0. The number of carbonyl (C=O) groups is 1. The van der Waals surface area contributed by atoms with Crippen LogP contribution in [0.25, 0.3) is 22.3 Å². The smallest absolute Gasteiger partial charge is 0.396 e. The fourth-order valence-electron chi connectivity index (χ4n) is 5.65. The summed E-state index contributed by atoms with van der Waals surface area (Å²) in [6.07, 6.45) is 4.26. The van der Waals surface area contributed by atoms with Gasteiger partial charge in [-0.15, -0.1) is 0 Å². The van der Waals surface area contributed by atoms with Crippen LogP contribution in [0.15, 0.2) is 37.1 Å². The maximum atomic E-state index is 13.6. The lowest BCUT2D eigenvalue weighted by molar-refractivity contribution is -0.145. The molecular weight excluding hydrogens is 565 g/mol. The lowest BCUT2D eigenvalue weighted by Crippen LogP contribution is -2.56. The third-order valence-electron chi connectivity index (χ3n) is 7.96. The van der Waals surface area contributed by atoms with Gasteiger partial charge < -0.3 is 19.9 Å². The molecule has 4 aromatic heterocycles. The van der Waals surface area contributed by atoms with Gasteiger partial charge in [-0.25, -0.2) is 19.9 Å². The van der Waals surface area contributed by atoms with Crippen molar-refractivity contribution in [3.8, 4) is 11.3 Å². The summed E-state index contributed by atoms with van der Waals surface area (Å²) in [4.78, 5) is 37.9. The van der Waals surface area contributed by atoms with Crippen LogP contribution in [0, 0.1) is 6.04 Å². The Morgan fingerprint density at radius 2 is 1.98 bits per heavy atom. The number of rotatable bonds is 9. The summed E-state index contributed by atoms with van der Waals surface area (Å²) in [6.45, 7) is 2.92. The highest BCUT2D eigenvalue weighted by Crippen LogP contribution is 2.31. The second-order valence-electron chi connectivity index (χ2n) is 11.0. The van der Waals surface area contributed by atoms with Crippen LogP contribution in [0.4, 0.5) is 13.2 Å². The van der Waals surface area contributed by atoms with Crippen molar-refractivity contribution in [1.29, 1.82) is 0 Å². The van der Waals surface area contributed by atoms with E-state index < -0.39 is 17.9 Å². The molecule has 2 fully saturated rings. The molecule has 43 heavy (non-hydrogen) atoms. The number of nitrogens with zero attached hydrogens (tertiary/aromatic N) is 9. The largest absolute Gasteiger partial charge is 0.451 e.